The molecule has 0 radical (unpaired) electrons. The van der Waals surface area contributed by atoms with E-state index in [0.717, 1.165) is 25.2 Å². The number of rotatable bonds is 10. The van der Waals surface area contributed by atoms with Crippen LogP contribution in [0.25, 0.3) is 0 Å². The summed E-state index contributed by atoms with van der Waals surface area (Å²) in [6, 6.07) is 7.69. The van der Waals surface area contributed by atoms with Gasteiger partial charge in [-0.1, -0.05) is 12.1 Å². The molecular weight excluding hydrogens is 365 g/mol. The molecule has 146 valence electrons. The molecule has 0 fully saturated rings. The minimum Gasteiger partial charge on any atom is -0.484 e. The molecule has 1 rings (SSSR count). The minimum atomic E-state index is -0.248. The fourth-order valence-corrected chi connectivity index (χ4v) is 1.92. The molecule has 1 aromatic rings. The lowest BCUT2D eigenvalue weighted by Crippen LogP contribution is -2.43. The fourth-order valence-electron chi connectivity index (χ4n) is 1.92. The van der Waals surface area contributed by atoms with Crippen LogP contribution in [0.3, 0.4) is 0 Å². The molecule has 0 bridgehead atoms. The van der Waals surface area contributed by atoms with Crippen molar-refractivity contribution in [3.05, 3.63) is 29.8 Å². The van der Waals surface area contributed by atoms with Gasteiger partial charge in [-0.05, 0) is 38.5 Å². The van der Waals surface area contributed by atoms with E-state index in [0.29, 0.717) is 12.3 Å². The monoisotopic (exact) mass is 395 g/mol. The Hall–Kier alpha value is -1.05. The zero-order valence-electron chi connectivity index (χ0n) is 15.1. The number of ether oxygens (including phenoxy) is 1. The summed E-state index contributed by atoms with van der Waals surface area (Å²) in [7, 11) is 0. The van der Waals surface area contributed by atoms with Crippen molar-refractivity contribution in [1.82, 2.24) is 16.0 Å². The maximum absolute atomic E-state index is 11.7. The van der Waals surface area contributed by atoms with Crippen molar-refractivity contribution in [2.75, 3.05) is 32.8 Å². The summed E-state index contributed by atoms with van der Waals surface area (Å²) in [5.74, 6) is 0.557. The zero-order valence-corrected chi connectivity index (χ0v) is 16.8. The van der Waals surface area contributed by atoms with E-state index in [-0.39, 0.29) is 49.5 Å². The van der Waals surface area contributed by atoms with Gasteiger partial charge in [0.25, 0.3) is 5.91 Å². The van der Waals surface area contributed by atoms with Gasteiger partial charge >= 0.3 is 0 Å². The first-order valence-electron chi connectivity index (χ1n) is 7.96. The molecule has 0 atom stereocenters. The van der Waals surface area contributed by atoms with E-state index in [1.165, 1.54) is 0 Å². The first kappa shape index (κ1) is 26.2. The average Bonchev–Trinajstić information content (AvgIpc) is 2.48. The smallest absolute Gasteiger partial charge is 0.258 e. The second-order valence-electron chi connectivity index (χ2n) is 6.38. The summed E-state index contributed by atoms with van der Waals surface area (Å²) in [5, 5.41) is 17.9. The third kappa shape index (κ3) is 13.9. The van der Waals surface area contributed by atoms with Crippen molar-refractivity contribution < 1.29 is 14.6 Å². The van der Waals surface area contributed by atoms with E-state index in [1.807, 2.05) is 45.0 Å². The normalized spacial score (nSPS) is 10.4. The molecular formula is C17H31Cl2N3O3. The van der Waals surface area contributed by atoms with Crippen molar-refractivity contribution in [1.29, 1.82) is 0 Å². The lowest BCUT2D eigenvalue weighted by atomic mass is 10.1. The highest BCUT2D eigenvalue weighted by Crippen LogP contribution is 2.12. The highest BCUT2D eigenvalue weighted by Gasteiger charge is 2.13. The number of hydrogen-bond acceptors (Lipinski definition) is 5. The maximum Gasteiger partial charge on any atom is 0.258 e. The summed E-state index contributed by atoms with van der Waals surface area (Å²) in [6.07, 6.45) is 0. The van der Waals surface area contributed by atoms with E-state index in [4.69, 9.17) is 9.84 Å². The Morgan fingerprint density at radius 1 is 1.04 bits per heavy atom. The Kier molecular flexibility index (Phi) is 14.8. The second-order valence-corrected chi connectivity index (χ2v) is 6.38. The number of amides is 1. The lowest BCUT2D eigenvalue weighted by Gasteiger charge is -2.20. The van der Waals surface area contributed by atoms with Crippen LogP contribution in [0.2, 0.25) is 0 Å². The van der Waals surface area contributed by atoms with Crippen LogP contribution in [-0.2, 0) is 11.3 Å². The number of aliphatic hydroxyl groups is 1. The SMILES string of the molecule is CC(C)(C)NC(=O)COc1ccc(CNCCNCCO)cc1.Cl.Cl. The summed E-state index contributed by atoms with van der Waals surface area (Å²) >= 11 is 0. The summed E-state index contributed by atoms with van der Waals surface area (Å²) < 4.78 is 5.47. The van der Waals surface area contributed by atoms with Gasteiger partial charge in [-0.3, -0.25) is 4.79 Å². The van der Waals surface area contributed by atoms with Gasteiger partial charge in [-0.2, -0.15) is 0 Å². The molecule has 0 unspecified atom stereocenters. The number of carbonyl (C=O) groups is 1. The number of aliphatic hydroxyl groups excluding tert-OH is 1. The molecule has 0 saturated heterocycles. The van der Waals surface area contributed by atoms with Crippen LogP contribution in [0.4, 0.5) is 0 Å². The van der Waals surface area contributed by atoms with Gasteiger partial charge in [0.05, 0.1) is 6.61 Å². The topological polar surface area (TPSA) is 82.6 Å². The third-order valence-electron chi connectivity index (χ3n) is 2.90. The average molecular weight is 396 g/mol. The molecule has 0 aliphatic heterocycles. The molecule has 0 heterocycles. The molecule has 0 spiro atoms. The molecule has 8 heteroatoms. The molecule has 1 aromatic carbocycles. The van der Waals surface area contributed by atoms with Crippen LogP contribution in [0.5, 0.6) is 5.75 Å². The van der Waals surface area contributed by atoms with Crippen molar-refractivity contribution in [3.8, 4) is 5.75 Å². The molecule has 1 amide bonds. The second kappa shape index (κ2) is 14.2. The van der Waals surface area contributed by atoms with Gasteiger partial charge < -0.3 is 25.8 Å². The molecule has 0 aromatic heterocycles. The number of halogens is 2. The Bertz CT molecular complexity index is 465. The predicted molar refractivity (Wildman–Crippen MR) is 106 cm³/mol. The van der Waals surface area contributed by atoms with E-state index in [1.54, 1.807) is 0 Å². The predicted octanol–water partition coefficient (Wildman–Crippen LogP) is 1.50. The molecule has 0 aliphatic carbocycles. The van der Waals surface area contributed by atoms with Crippen LogP contribution in [0.15, 0.2) is 24.3 Å². The van der Waals surface area contributed by atoms with Crippen LogP contribution in [0.1, 0.15) is 26.3 Å². The standard InChI is InChI=1S/C17H29N3O3.2ClH/c1-17(2,3)20-16(22)13-23-15-6-4-14(5-7-15)12-19-9-8-18-10-11-21;;/h4-7,18-19,21H,8-13H2,1-3H3,(H,20,22);2*1H. The van der Waals surface area contributed by atoms with Crippen LogP contribution < -0.4 is 20.7 Å². The van der Waals surface area contributed by atoms with Gasteiger partial charge in [-0.25, -0.2) is 0 Å². The Labute approximate surface area is 162 Å². The zero-order chi connectivity index (χ0) is 17.1. The van der Waals surface area contributed by atoms with E-state index < -0.39 is 0 Å². The fraction of sp³-hybridized carbons (Fsp3) is 0.588. The van der Waals surface area contributed by atoms with Crippen LogP contribution >= 0.6 is 24.8 Å². The summed E-state index contributed by atoms with van der Waals surface area (Å²) in [4.78, 5) is 11.7. The maximum atomic E-state index is 11.7. The summed E-state index contributed by atoms with van der Waals surface area (Å²) in [5.41, 5.74) is 0.904. The highest BCUT2D eigenvalue weighted by molar-refractivity contribution is 5.85. The molecule has 0 saturated carbocycles. The molecule has 4 N–H and O–H groups in total. The van der Waals surface area contributed by atoms with E-state index in [9.17, 15) is 4.79 Å². The van der Waals surface area contributed by atoms with Gasteiger partial charge in [0.15, 0.2) is 6.61 Å². The Morgan fingerprint density at radius 3 is 2.20 bits per heavy atom. The van der Waals surface area contributed by atoms with Crippen LogP contribution in [0, 0.1) is 0 Å². The number of carbonyl (C=O) groups excluding carboxylic acids is 1. The third-order valence-corrected chi connectivity index (χ3v) is 2.90. The van der Waals surface area contributed by atoms with Crippen molar-refractivity contribution in [2.45, 2.75) is 32.9 Å². The van der Waals surface area contributed by atoms with E-state index >= 15 is 0 Å². The minimum absolute atomic E-state index is 0. The van der Waals surface area contributed by atoms with E-state index in [2.05, 4.69) is 16.0 Å². The lowest BCUT2D eigenvalue weighted by molar-refractivity contribution is -0.124. The van der Waals surface area contributed by atoms with Gasteiger partial charge in [0, 0.05) is 31.7 Å². The van der Waals surface area contributed by atoms with Gasteiger partial charge in [0.1, 0.15) is 5.75 Å². The molecule has 6 nitrogen and oxygen atoms in total. The van der Waals surface area contributed by atoms with Crippen molar-refractivity contribution in [2.24, 2.45) is 0 Å². The highest BCUT2D eigenvalue weighted by atomic mass is 35.5. The first-order valence-corrected chi connectivity index (χ1v) is 7.96. The number of hydrogen-bond donors (Lipinski definition) is 4. The Morgan fingerprint density at radius 2 is 1.64 bits per heavy atom. The molecule has 0 aliphatic rings. The summed E-state index contributed by atoms with van der Waals surface area (Å²) in [6.45, 7) is 9.04. The van der Waals surface area contributed by atoms with Crippen molar-refractivity contribution in [3.63, 3.8) is 0 Å². The number of benzene rings is 1. The van der Waals surface area contributed by atoms with Gasteiger partial charge in [0.2, 0.25) is 0 Å². The van der Waals surface area contributed by atoms with Crippen molar-refractivity contribution >= 4 is 30.7 Å². The van der Waals surface area contributed by atoms with Crippen LogP contribution in [-0.4, -0.2) is 49.4 Å². The number of nitrogens with one attached hydrogen (secondary N) is 3. The quantitative estimate of drug-likeness (QED) is 0.451. The van der Waals surface area contributed by atoms with Gasteiger partial charge in [-0.15, -0.1) is 24.8 Å². The Balaban J connectivity index is 0. The molecule has 25 heavy (non-hydrogen) atoms. The first-order chi connectivity index (χ1) is 10.9. The largest absolute Gasteiger partial charge is 0.484 e.